The van der Waals surface area contributed by atoms with Gasteiger partial charge in [0.05, 0.1) is 18.0 Å². The molecule has 0 bridgehead atoms. The molecule has 0 saturated heterocycles. The Hall–Kier alpha value is -1.69. The quantitative estimate of drug-likeness (QED) is 0.734. The molecule has 1 unspecified atom stereocenters. The number of nitrogens with one attached hydrogen (secondary N) is 1. The van der Waals surface area contributed by atoms with Crippen molar-refractivity contribution >= 4 is 0 Å². The first kappa shape index (κ1) is 13.7. The van der Waals surface area contributed by atoms with Gasteiger partial charge in [0.15, 0.2) is 0 Å². The fourth-order valence-electron chi connectivity index (χ4n) is 1.87. The van der Waals surface area contributed by atoms with Crippen LogP contribution in [0.15, 0.2) is 42.6 Å². The lowest BCUT2D eigenvalue weighted by Gasteiger charge is -2.14. The smallest absolute Gasteiger partial charge is 0.108 e. The van der Waals surface area contributed by atoms with Crippen LogP contribution in [-0.4, -0.2) is 41.7 Å². The summed E-state index contributed by atoms with van der Waals surface area (Å²) in [5.41, 5.74) is 1.72. The number of benzene rings is 1. The van der Waals surface area contributed by atoms with E-state index in [1.165, 1.54) is 0 Å². The lowest BCUT2D eigenvalue weighted by molar-refractivity contribution is 0.156. The summed E-state index contributed by atoms with van der Waals surface area (Å²) >= 11 is 0. The second-order valence-electron chi connectivity index (χ2n) is 4.22. The Bertz CT molecular complexity index is 484. The molecule has 1 aromatic carbocycles. The molecule has 0 aliphatic carbocycles. The molecule has 2 N–H and O–H groups in total. The van der Waals surface area contributed by atoms with Gasteiger partial charge < -0.3 is 15.2 Å². The van der Waals surface area contributed by atoms with E-state index in [4.69, 9.17) is 4.74 Å². The standard InChI is InChI=1S/C14H19N3O2/c1-19-10-9-15-11-14(18)13-7-8-16-17(13)12-5-3-2-4-6-12/h2-8,14-15,18H,9-11H2,1H3. The van der Waals surface area contributed by atoms with Crippen LogP contribution in [0.4, 0.5) is 0 Å². The van der Waals surface area contributed by atoms with Crippen LogP contribution in [-0.2, 0) is 4.74 Å². The highest BCUT2D eigenvalue weighted by atomic mass is 16.5. The van der Waals surface area contributed by atoms with Gasteiger partial charge in [0, 0.05) is 26.4 Å². The number of ether oxygens (including phenoxy) is 1. The maximum atomic E-state index is 10.2. The summed E-state index contributed by atoms with van der Waals surface area (Å²) in [6.45, 7) is 1.82. The molecule has 19 heavy (non-hydrogen) atoms. The summed E-state index contributed by atoms with van der Waals surface area (Å²) in [6.07, 6.45) is 1.10. The highest BCUT2D eigenvalue weighted by molar-refractivity contribution is 5.32. The zero-order valence-corrected chi connectivity index (χ0v) is 11.0. The number of hydrogen-bond donors (Lipinski definition) is 2. The molecular weight excluding hydrogens is 242 g/mol. The average molecular weight is 261 g/mol. The van der Waals surface area contributed by atoms with E-state index in [0.717, 1.165) is 11.4 Å². The maximum Gasteiger partial charge on any atom is 0.108 e. The molecule has 2 rings (SSSR count). The van der Waals surface area contributed by atoms with E-state index >= 15 is 0 Å². The highest BCUT2D eigenvalue weighted by Crippen LogP contribution is 2.16. The Morgan fingerprint density at radius 3 is 2.84 bits per heavy atom. The number of nitrogens with zero attached hydrogens (tertiary/aromatic N) is 2. The zero-order valence-electron chi connectivity index (χ0n) is 11.0. The van der Waals surface area contributed by atoms with Gasteiger partial charge in [0.2, 0.25) is 0 Å². The maximum absolute atomic E-state index is 10.2. The van der Waals surface area contributed by atoms with Crippen LogP contribution in [0.25, 0.3) is 5.69 Å². The number of methoxy groups -OCH3 is 1. The SMILES string of the molecule is COCCNCC(O)c1ccnn1-c1ccccc1. The van der Waals surface area contributed by atoms with Crippen LogP contribution in [0.2, 0.25) is 0 Å². The minimum atomic E-state index is -0.598. The predicted octanol–water partition coefficient (Wildman–Crippen LogP) is 1.14. The third kappa shape index (κ3) is 3.64. The third-order valence-electron chi connectivity index (χ3n) is 2.83. The van der Waals surface area contributed by atoms with E-state index in [1.807, 2.05) is 36.4 Å². The first-order valence-corrected chi connectivity index (χ1v) is 6.30. The molecule has 0 spiro atoms. The molecular formula is C14H19N3O2. The number of hydrogen-bond acceptors (Lipinski definition) is 4. The Labute approximate surface area is 112 Å². The van der Waals surface area contributed by atoms with Gasteiger partial charge in [0.1, 0.15) is 6.10 Å². The molecule has 0 saturated carbocycles. The highest BCUT2D eigenvalue weighted by Gasteiger charge is 2.13. The monoisotopic (exact) mass is 261 g/mol. The summed E-state index contributed by atoms with van der Waals surface area (Å²) in [7, 11) is 1.66. The number of rotatable bonds is 7. The Morgan fingerprint density at radius 1 is 1.32 bits per heavy atom. The molecule has 0 fully saturated rings. The first-order chi connectivity index (χ1) is 9.33. The number of aliphatic hydroxyl groups is 1. The molecule has 0 amide bonds. The molecule has 5 heteroatoms. The minimum Gasteiger partial charge on any atom is -0.385 e. The van der Waals surface area contributed by atoms with Crippen molar-refractivity contribution in [1.82, 2.24) is 15.1 Å². The van der Waals surface area contributed by atoms with E-state index in [-0.39, 0.29) is 0 Å². The second kappa shape index (κ2) is 7.04. The van der Waals surface area contributed by atoms with Gasteiger partial charge in [-0.3, -0.25) is 0 Å². The average Bonchev–Trinajstić information content (AvgIpc) is 2.94. The molecule has 0 aliphatic rings. The van der Waals surface area contributed by atoms with Gasteiger partial charge in [-0.1, -0.05) is 18.2 Å². The van der Waals surface area contributed by atoms with Crippen LogP contribution in [0, 0.1) is 0 Å². The van der Waals surface area contributed by atoms with Crippen LogP contribution < -0.4 is 5.32 Å². The fourth-order valence-corrected chi connectivity index (χ4v) is 1.87. The third-order valence-corrected chi connectivity index (χ3v) is 2.83. The van der Waals surface area contributed by atoms with Gasteiger partial charge in [-0.25, -0.2) is 4.68 Å². The van der Waals surface area contributed by atoms with Crippen molar-refractivity contribution < 1.29 is 9.84 Å². The lowest BCUT2D eigenvalue weighted by atomic mass is 10.2. The molecule has 0 radical (unpaired) electrons. The molecule has 1 atom stereocenters. The van der Waals surface area contributed by atoms with Crippen LogP contribution in [0.5, 0.6) is 0 Å². The predicted molar refractivity (Wildman–Crippen MR) is 73.3 cm³/mol. The van der Waals surface area contributed by atoms with Gasteiger partial charge in [-0.15, -0.1) is 0 Å². The number of aliphatic hydroxyl groups excluding tert-OH is 1. The molecule has 1 aromatic heterocycles. The van der Waals surface area contributed by atoms with E-state index < -0.39 is 6.10 Å². The van der Waals surface area contributed by atoms with E-state index in [0.29, 0.717) is 19.7 Å². The second-order valence-corrected chi connectivity index (χ2v) is 4.22. The molecule has 0 aliphatic heterocycles. The zero-order chi connectivity index (χ0) is 13.5. The fraction of sp³-hybridized carbons (Fsp3) is 0.357. The Kier molecular flexibility index (Phi) is 5.09. The molecule has 5 nitrogen and oxygen atoms in total. The Balaban J connectivity index is 2.03. The van der Waals surface area contributed by atoms with E-state index in [1.54, 1.807) is 18.0 Å². The minimum absolute atomic E-state index is 0.474. The van der Waals surface area contributed by atoms with Crippen LogP contribution >= 0.6 is 0 Å². The Morgan fingerprint density at radius 2 is 2.11 bits per heavy atom. The largest absolute Gasteiger partial charge is 0.385 e. The van der Waals surface area contributed by atoms with Gasteiger partial charge in [0.25, 0.3) is 0 Å². The lowest BCUT2D eigenvalue weighted by Crippen LogP contribution is -2.26. The normalized spacial score (nSPS) is 12.5. The summed E-state index contributed by atoms with van der Waals surface area (Å²) in [6, 6.07) is 11.6. The summed E-state index contributed by atoms with van der Waals surface area (Å²) in [4.78, 5) is 0. The van der Waals surface area contributed by atoms with Crippen molar-refractivity contribution in [2.45, 2.75) is 6.10 Å². The van der Waals surface area contributed by atoms with Crippen molar-refractivity contribution in [3.8, 4) is 5.69 Å². The summed E-state index contributed by atoms with van der Waals surface area (Å²) in [5, 5.41) is 17.6. The van der Waals surface area contributed by atoms with Crippen molar-refractivity contribution in [2.24, 2.45) is 0 Å². The van der Waals surface area contributed by atoms with Crippen molar-refractivity contribution in [1.29, 1.82) is 0 Å². The van der Waals surface area contributed by atoms with Crippen LogP contribution in [0.1, 0.15) is 11.8 Å². The van der Waals surface area contributed by atoms with E-state index in [2.05, 4.69) is 10.4 Å². The van der Waals surface area contributed by atoms with Crippen molar-refractivity contribution in [3.05, 3.63) is 48.3 Å². The van der Waals surface area contributed by atoms with Gasteiger partial charge in [-0.05, 0) is 18.2 Å². The number of para-hydroxylation sites is 1. The topological polar surface area (TPSA) is 59.3 Å². The first-order valence-electron chi connectivity index (χ1n) is 6.30. The van der Waals surface area contributed by atoms with E-state index in [9.17, 15) is 5.11 Å². The van der Waals surface area contributed by atoms with Crippen molar-refractivity contribution in [3.63, 3.8) is 0 Å². The summed E-state index contributed by atoms with van der Waals surface area (Å²) < 4.78 is 6.70. The van der Waals surface area contributed by atoms with Crippen LogP contribution in [0.3, 0.4) is 0 Å². The van der Waals surface area contributed by atoms with Gasteiger partial charge >= 0.3 is 0 Å². The molecule has 1 heterocycles. The number of aromatic nitrogens is 2. The summed E-state index contributed by atoms with van der Waals surface area (Å²) in [5.74, 6) is 0. The van der Waals surface area contributed by atoms with Crippen molar-refractivity contribution in [2.75, 3.05) is 26.8 Å². The molecule has 102 valence electrons. The van der Waals surface area contributed by atoms with Gasteiger partial charge in [-0.2, -0.15) is 5.10 Å². The molecule has 2 aromatic rings.